The SMILES string of the molecule is CCOC(=O)CC(O)CC(=O)/C=C/C1=C(c2ccc(F)cc2)c2ccccc2C12CCCC2. The molecule has 0 bridgehead atoms. The number of hydrogen-bond acceptors (Lipinski definition) is 4. The minimum Gasteiger partial charge on any atom is -0.466 e. The Kier molecular flexibility index (Phi) is 6.89. The highest BCUT2D eigenvalue weighted by Gasteiger charge is 2.45. The van der Waals surface area contributed by atoms with Crippen molar-refractivity contribution in [1.29, 1.82) is 0 Å². The lowest BCUT2D eigenvalue weighted by atomic mass is 9.75. The van der Waals surface area contributed by atoms with Gasteiger partial charge in [0, 0.05) is 11.8 Å². The van der Waals surface area contributed by atoms with Crippen molar-refractivity contribution in [2.45, 2.75) is 57.0 Å². The fourth-order valence-corrected chi connectivity index (χ4v) is 5.30. The molecule has 0 saturated heterocycles. The molecule has 4 nitrogen and oxygen atoms in total. The van der Waals surface area contributed by atoms with Crippen molar-refractivity contribution in [1.82, 2.24) is 0 Å². The van der Waals surface area contributed by atoms with E-state index in [2.05, 4.69) is 12.1 Å². The molecule has 0 amide bonds. The first-order valence-electron chi connectivity index (χ1n) is 11.6. The molecule has 33 heavy (non-hydrogen) atoms. The first-order valence-corrected chi connectivity index (χ1v) is 11.6. The van der Waals surface area contributed by atoms with Gasteiger partial charge in [0.25, 0.3) is 0 Å². The number of ketones is 1. The summed E-state index contributed by atoms with van der Waals surface area (Å²) in [7, 11) is 0. The van der Waals surface area contributed by atoms with E-state index in [0.717, 1.165) is 48.0 Å². The van der Waals surface area contributed by atoms with Crippen molar-refractivity contribution in [2.24, 2.45) is 0 Å². The van der Waals surface area contributed by atoms with E-state index in [9.17, 15) is 19.1 Å². The Morgan fingerprint density at radius 2 is 1.79 bits per heavy atom. The number of hydrogen-bond donors (Lipinski definition) is 1. The van der Waals surface area contributed by atoms with E-state index in [-0.39, 0.29) is 36.5 Å². The molecule has 1 atom stereocenters. The Morgan fingerprint density at radius 3 is 2.48 bits per heavy atom. The van der Waals surface area contributed by atoms with Crippen molar-refractivity contribution >= 4 is 17.3 Å². The smallest absolute Gasteiger partial charge is 0.308 e. The lowest BCUT2D eigenvalue weighted by Gasteiger charge is -2.28. The number of esters is 1. The molecule has 4 rings (SSSR count). The number of fused-ring (bicyclic) bond motifs is 2. The fourth-order valence-electron chi connectivity index (χ4n) is 5.30. The topological polar surface area (TPSA) is 63.6 Å². The third-order valence-electron chi connectivity index (χ3n) is 6.67. The summed E-state index contributed by atoms with van der Waals surface area (Å²) in [4.78, 5) is 24.2. The minimum absolute atomic E-state index is 0.144. The van der Waals surface area contributed by atoms with Crippen LogP contribution in [0.1, 0.15) is 62.1 Å². The predicted octanol–water partition coefficient (Wildman–Crippen LogP) is 5.28. The standard InChI is InChI=1S/C28H29FO4/c1-2-33-26(32)18-22(31)17-21(30)13-14-25-27(19-9-11-20(29)12-10-19)23-7-3-4-8-24(23)28(25)15-5-6-16-28/h3-4,7-14,22,31H,2,5-6,15-18H2,1H3/b14-13+. The highest BCUT2D eigenvalue weighted by atomic mass is 19.1. The van der Waals surface area contributed by atoms with Crippen LogP contribution in [-0.4, -0.2) is 29.6 Å². The molecule has 1 fully saturated rings. The third-order valence-corrected chi connectivity index (χ3v) is 6.67. The van der Waals surface area contributed by atoms with Crippen LogP contribution in [0.25, 0.3) is 5.57 Å². The molecule has 2 aromatic carbocycles. The van der Waals surface area contributed by atoms with Crippen LogP contribution < -0.4 is 0 Å². The number of aliphatic hydroxyl groups is 1. The lowest BCUT2D eigenvalue weighted by molar-refractivity contribution is -0.145. The van der Waals surface area contributed by atoms with Gasteiger partial charge in [-0.15, -0.1) is 0 Å². The minimum atomic E-state index is -1.08. The van der Waals surface area contributed by atoms with E-state index in [4.69, 9.17) is 4.74 Å². The zero-order valence-electron chi connectivity index (χ0n) is 18.9. The Labute approximate surface area is 193 Å². The third kappa shape index (κ3) is 4.69. The molecule has 1 N–H and O–H groups in total. The van der Waals surface area contributed by atoms with Crippen LogP contribution in [-0.2, 0) is 19.7 Å². The van der Waals surface area contributed by atoms with Crippen LogP contribution >= 0.6 is 0 Å². The number of rotatable bonds is 8. The monoisotopic (exact) mass is 448 g/mol. The van der Waals surface area contributed by atoms with E-state index in [0.29, 0.717) is 0 Å². The molecule has 1 saturated carbocycles. The molecule has 172 valence electrons. The number of aliphatic hydroxyl groups excluding tert-OH is 1. The van der Waals surface area contributed by atoms with Gasteiger partial charge in [0.2, 0.25) is 0 Å². The Balaban J connectivity index is 1.68. The van der Waals surface area contributed by atoms with E-state index >= 15 is 0 Å². The van der Waals surface area contributed by atoms with E-state index in [1.54, 1.807) is 19.1 Å². The van der Waals surface area contributed by atoms with E-state index in [1.165, 1.54) is 23.8 Å². The summed E-state index contributed by atoms with van der Waals surface area (Å²) in [6.07, 6.45) is 6.17. The van der Waals surface area contributed by atoms with Crippen molar-refractivity contribution in [3.63, 3.8) is 0 Å². The molecule has 2 aromatic rings. The second kappa shape index (κ2) is 9.84. The molecule has 0 radical (unpaired) electrons. The van der Waals surface area contributed by atoms with Gasteiger partial charge in [-0.05, 0) is 65.8 Å². The van der Waals surface area contributed by atoms with Gasteiger partial charge in [-0.25, -0.2) is 4.39 Å². The number of benzene rings is 2. The Morgan fingerprint density at radius 1 is 1.09 bits per heavy atom. The van der Waals surface area contributed by atoms with Crippen LogP contribution in [0, 0.1) is 5.82 Å². The zero-order valence-corrected chi connectivity index (χ0v) is 18.9. The molecule has 5 heteroatoms. The van der Waals surface area contributed by atoms with Crippen LogP contribution in [0.3, 0.4) is 0 Å². The second-order valence-electron chi connectivity index (χ2n) is 8.80. The normalized spacial score (nSPS) is 17.5. The zero-order chi connectivity index (χ0) is 23.4. The Hall–Kier alpha value is -3.05. The number of ether oxygens (including phenoxy) is 1. The quantitative estimate of drug-likeness (QED) is 0.441. The summed E-state index contributed by atoms with van der Waals surface area (Å²) in [5.41, 5.74) is 5.24. The number of allylic oxidation sites excluding steroid dienone is 3. The molecule has 0 aromatic heterocycles. The van der Waals surface area contributed by atoms with Gasteiger partial charge in [-0.1, -0.05) is 55.3 Å². The van der Waals surface area contributed by atoms with Crippen LogP contribution in [0.2, 0.25) is 0 Å². The summed E-state index contributed by atoms with van der Waals surface area (Å²) in [6.45, 7) is 1.94. The lowest BCUT2D eigenvalue weighted by Crippen LogP contribution is -2.22. The molecular formula is C28H29FO4. The summed E-state index contributed by atoms with van der Waals surface area (Å²) < 4.78 is 18.5. The summed E-state index contributed by atoms with van der Waals surface area (Å²) >= 11 is 0. The summed E-state index contributed by atoms with van der Waals surface area (Å²) in [5.74, 6) is -1.05. The Bertz CT molecular complexity index is 1090. The maximum absolute atomic E-state index is 13.6. The first kappa shape index (κ1) is 23.1. The van der Waals surface area contributed by atoms with E-state index in [1.807, 2.05) is 18.2 Å². The van der Waals surface area contributed by atoms with Crippen LogP contribution in [0.4, 0.5) is 4.39 Å². The van der Waals surface area contributed by atoms with Crippen LogP contribution in [0.15, 0.2) is 66.3 Å². The largest absolute Gasteiger partial charge is 0.466 e. The number of carbonyl (C=O) groups excluding carboxylic acids is 2. The van der Waals surface area contributed by atoms with Gasteiger partial charge >= 0.3 is 5.97 Å². The molecule has 2 aliphatic rings. The van der Waals surface area contributed by atoms with Crippen molar-refractivity contribution in [3.05, 3.63) is 88.8 Å². The average molecular weight is 449 g/mol. The van der Waals surface area contributed by atoms with Gasteiger partial charge < -0.3 is 9.84 Å². The van der Waals surface area contributed by atoms with Gasteiger partial charge in [0.15, 0.2) is 5.78 Å². The van der Waals surface area contributed by atoms with E-state index < -0.39 is 12.1 Å². The summed E-state index contributed by atoms with van der Waals surface area (Å²) in [6, 6.07) is 14.8. The van der Waals surface area contributed by atoms with Crippen molar-refractivity contribution in [3.8, 4) is 0 Å². The second-order valence-corrected chi connectivity index (χ2v) is 8.80. The van der Waals surface area contributed by atoms with Gasteiger partial charge in [0.1, 0.15) is 5.82 Å². The maximum Gasteiger partial charge on any atom is 0.308 e. The molecule has 0 heterocycles. The maximum atomic E-state index is 13.6. The highest BCUT2D eigenvalue weighted by molar-refractivity contribution is 5.95. The molecule has 1 spiro atoms. The number of carbonyl (C=O) groups is 2. The fraction of sp³-hybridized carbons (Fsp3) is 0.357. The average Bonchev–Trinajstić information content (AvgIpc) is 3.37. The molecule has 1 unspecified atom stereocenters. The predicted molar refractivity (Wildman–Crippen MR) is 125 cm³/mol. The van der Waals surface area contributed by atoms with Gasteiger partial charge in [-0.2, -0.15) is 0 Å². The number of halogens is 1. The van der Waals surface area contributed by atoms with Gasteiger partial charge in [-0.3, -0.25) is 9.59 Å². The summed E-state index contributed by atoms with van der Waals surface area (Å²) in [5, 5.41) is 10.1. The molecule has 2 aliphatic carbocycles. The first-order chi connectivity index (χ1) is 15.9. The van der Waals surface area contributed by atoms with Crippen molar-refractivity contribution < 1.29 is 23.8 Å². The van der Waals surface area contributed by atoms with Crippen LogP contribution in [0.5, 0.6) is 0 Å². The van der Waals surface area contributed by atoms with Crippen molar-refractivity contribution in [2.75, 3.05) is 6.61 Å². The molecular weight excluding hydrogens is 419 g/mol. The molecule has 0 aliphatic heterocycles. The van der Waals surface area contributed by atoms with Gasteiger partial charge in [0.05, 0.1) is 19.1 Å². The highest BCUT2D eigenvalue weighted by Crippen LogP contribution is 2.57.